The van der Waals surface area contributed by atoms with E-state index >= 15 is 0 Å². The molecule has 0 saturated carbocycles. The fraction of sp³-hybridized carbons (Fsp3) is 0.379. The normalized spacial score (nSPS) is 23.2. The van der Waals surface area contributed by atoms with Crippen LogP contribution in [0.25, 0.3) is 11.1 Å². The lowest BCUT2D eigenvalue weighted by Gasteiger charge is -2.57. The van der Waals surface area contributed by atoms with Crippen molar-refractivity contribution in [3.05, 3.63) is 89.5 Å². The van der Waals surface area contributed by atoms with Crippen molar-refractivity contribution >= 4 is 10.0 Å². The average Bonchev–Trinajstić information content (AvgIpc) is 2.87. The summed E-state index contributed by atoms with van der Waals surface area (Å²) in [5, 5.41) is 10.2. The van der Waals surface area contributed by atoms with Crippen molar-refractivity contribution in [3.63, 3.8) is 0 Å². The van der Waals surface area contributed by atoms with Crippen LogP contribution < -0.4 is 0 Å². The minimum absolute atomic E-state index is 0.0648. The summed E-state index contributed by atoms with van der Waals surface area (Å²) < 4.78 is 69.4. The predicted molar refractivity (Wildman–Crippen MR) is 140 cm³/mol. The Kier molecular flexibility index (Phi) is 7.39. The number of aryl methyl sites for hydroxylation is 1. The zero-order valence-corrected chi connectivity index (χ0v) is 21.9. The predicted octanol–water partition coefficient (Wildman–Crippen LogP) is 5.29. The maximum absolute atomic E-state index is 13.7. The topological polar surface area (TPSA) is 60.9 Å². The van der Waals surface area contributed by atoms with Gasteiger partial charge >= 0.3 is 6.18 Å². The molecule has 0 aliphatic carbocycles. The number of hydrogen-bond acceptors (Lipinski definition) is 4. The van der Waals surface area contributed by atoms with E-state index in [-0.39, 0.29) is 37.7 Å². The van der Waals surface area contributed by atoms with Gasteiger partial charge in [-0.1, -0.05) is 66.2 Å². The van der Waals surface area contributed by atoms with E-state index in [1.807, 2.05) is 49.4 Å². The molecule has 2 heterocycles. The molecule has 3 atom stereocenters. The molecule has 2 fully saturated rings. The maximum Gasteiger partial charge on any atom is 0.417 e. The van der Waals surface area contributed by atoms with Crippen LogP contribution in [0.4, 0.5) is 13.2 Å². The summed E-state index contributed by atoms with van der Waals surface area (Å²) in [5.74, 6) is -0.139. The lowest BCUT2D eigenvalue weighted by molar-refractivity contribution is -0.139. The monoisotopic (exact) mass is 544 g/mol. The summed E-state index contributed by atoms with van der Waals surface area (Å²) in [7, 11) is -4.39. The molecule has 202 valence electrons. The summed E-state index contributed by atoms with van der Waals surface area (Å²) in [6.07, 6.45) is -3.55. The second kappa shape index (κ2) is 10.4. The number of benzene rings is 3. The number of halogens is 3. The molecule has 2 aliphatic rings. The standard InChI is InChI=1S/C29H31F3N2O3S/c1-20-7-6-8-23(17-20)21-11-13-22(14-12-21)28-25-18-33(15-4-5-16-34(25)26(28)19-35)38(36,37)27-10-3-2-9-24(27)29(30,31)32/h2-3,6-14,17,25-26,28,35H,4-5,15-16,18-19H2,1H3/t25-,26?,28-/m0/s1. The SMILES string of the molecule is Cc1cccc(-c2ccc([C@@H]3C(CO)N4CCCCN(S(=O)(=O)c5ccccc5C(F)(F)F)C[C@@H]34)cc2)c1. The van der Waals surface area contributed by atoms with Crippen LogP contribution in [0.2, 0.25) is 0 Å². The molecular weight excluding hydrogens is 513 g/mol. The van der Waals surface area contributed by atoms with Gasteiger partial charge in [0, 0.05) is 31.1 Å². The van der Waals surface area contributed by atoms with Crippen molar-refractivity contribution in [2.75, 3.05) is 26.2 Å². The summed E-state index contributed by atoms with van der Waals surface area (Å²) in [6, 6.07) is 20.2. The molecule has 38 heavy (non-hydrogen) atoms. The van der Waals surface area contributed by atoms with Gasteiger partial charge < -0.3 is 5.11 Å². The highest BCUT2D eigenvalue weighted by Crippen LogP contribution is 2.43. The first-order chi connectivity index (χ1) is 18.1. The van der Waals surface area contributed by atoms with Gasteiger partial charge in [0.05, 0.1) is 17.1 Å². The lowest BCUT2D eigenvalue weighted by Crippen LogP contribution is -2.67. The number of aliphatic hydroxyl groups is 1. The summed E-state index contributed by atoms with van der Waals surface area (Å²) in [5.41, 5.74) is 3.14. The van der Waals surface area contributed by atoms with Crippen molar-refractivity contribution in [2.45, 2.75) is 48.8 Å². The van der Waals surface area contributed by atoms with Crippen LogP contribution in [0, 0.1) is 6.92 Å². The molecular formula is C29H31F3N2O3S. The quantitative estimate of drug-likeness (QED) is 0.474. The van der Waals surface area contributed by atoms with Gasteiger partial charge in [0.25, 0.3) is 0 Å². The van der Waals surface area contributed by atoms with E-state index < -0.39 is 26.7 Å². The number of hydrogen-bond donors (Lipinski definition) is 1. The Bertz CT molecular complexity index is 1390. The van der Waals surface area contributed by atoms with Gasteiger partial charge in [0.2, 0.25) is 10.0 Å². The van der Waals surface area contributed by atoms with Gasteiger partial charge in [-0.05, 0) is 55.1 Å². The number of aliphatic hydroxyl groups excluding tert-OH is 1. The van der Waals surface area contributed by atoms with E-state index in [0.29, 0.717) is 19.4 Å². The van der Waals surface area contributed by atoms with E-state index in [1.165, 1.54) is 16.4 Å². The average molecular weight is 545 g/mol. The van der Waals surface area contributed by atoms with Crippen molar-refractivity contribution in [1.82, 2.24) is 9.21 Å². The fourth-order valence-corrected chi connectivity index (χ4v) is 7.62. The zero-order chi connectivity index (χ0) is 27.1. The minimum atomic E-state index is -4.78. The van der Waals surface area contributed by atoms with Crippen LogP contribution in [-0.2, 0) is 16.2 Å². The Morgan fingerprint density at radius 1 is 0.921 bits per heavy atom. The highest BCUT2D eigenvalue weighted by Gasteiger charge is 2.50. The molecule has 0 bridgehead atoms. The van der Waals surface area contributed by atoms with Crippen LogP contribution in [0.3, 0.4) is 0 Å². The summed E-state index contributed by atoms with van der Waals surface area (Å²) in [6.45, 7) is 2.89. The van der Waals surface area contributed by atoms with E-state index in [4.69, 9.17) is 0 Å². The molecule has 3 aromatic rings. The smallest absolute Gasteiger partial charge is 0.395 e. The number of sulfonamides is 1. The van der Waals surface area contributed by atoms with Crippen LogP contribution >= 0.6 is 0 Å². The molecule has 3 aromatic carbocycles. The Hall–Kier alpha value is -2.72. The van der Waals surface area contributed by atoms with Crippen LogP contribution in [-0.4, -0.2) is 61.1 Å². The van der Waals surface area contributed by atoms with Crippen molar-refractivity contribution < 1.29 is 26.7 Å². The molecule has 0 radical (unpaired) electrons. The molecule has 0 aromatic heterocycles. The second-order valence-corrected chi connectivity index (χ2v) is 12.0. The molecule has 5 nitrogen and oxygen atoms in total. The molecule has 9 heteroatoms. The number of alkyl halides is 3. The number of rotatable bonds is 5. The van der Waals surface area contributed by atoms with Gasteiger partial charge in [-0.2, -0.15) is 17.5 Å². The maximum atomic E-state index is 13.7. The Balaban J connectivity index is 1.45. The van der Waals surface area contributed by atoms with E-state index in [0.717, 1.165) is 34.4 Å². The van der Waals surface area contributed by atoms with Gasteiger partial charge in [0.1, 0.15) is 0 Å². The lowest BCUT2D eigenvalue weighted by atomic mass is 9.74. The largest absolute Gasteiger partial charge is 0.417 e. The first-order valence-electron chi connectivity index (χ1n) is 12.8. The van der Waals surface area contributed by atoms with Gasteiger partial charge in [-0.3, -0.25) is 4.90 Å². The van der Waals surface area contributed by atoms with Crippen molar-refractivity contribution in [1.29, 1.82) is 0 Å². The number of fused-ring (bicyclic) bond motifs is 1. The molecule has 2 saturated heterocycles. The van der Waals surface area contributed by atoms with Crippen LogP contribution in [0.5, 0.6) is 0 Å². The van der Waals surface area contributed by atoms with Gasteiger partial charge in [0.15, 0.2) is 0 Å². The van der Waals surface area contributed by atoms with Crippen LogP contribution in [0.1, 0.15) is 35.4 Å². The summed E-state index contributed by atoms with van der Waals surface area (Å²) in [4.78, 5) is 1.40. The molecule has 0 spiro atoms. The zero-order valence-electron chi connectivity index (χ0n) is 21.1. The van der Waals surface area contributed by atoms with E-state index in [9.17, 15) is 26.7 Å². The Labute approximate surface area is 221 Å². The third kappa shape index (κ3) is 5.00. The third-order valence-corrected chi connectivity index (χ3v) is 9.71. The highest BCUT2D eigenvalue weighted by molar-refractivity contribution is 7.89. The molecule has 2 aliphatic heterocycles. The Morgan fingerprint density at radius 3 is 2.32 bits per heavy atom. The van der Waals surface area contributed by atoms with Crippen molar-refractivity contribution in [3.8, 4) is 11.1 Å². The van der Waals surface area contributed by atoms with Crippen molar-refractivity contribution in [2.24, 2.45) is 0 Å². The Morgan fingerprint density at radius 2 is 1.63 bits per heavy atom. The first-order valence-corrected chi connectivity index (χ1v) is 14.3. The van der Waals surface area contributed by atoms with Crippen LogP contribution in [0.15, 0.2) is 77.7 Å². The highest BCUT2D eigenvalue weighted by atomic mass is 32.2. The van der Waals surface area contributed by atoms with E-state index in [2.05, 4.69) is 11.0 Å². The first kappa shape index (κ1) is 26.9. The molecule has 1 N–H and O–H groups in total. The molecule has 1 unspecified atom stereocenters. The molecule has 5 rings (SSSR count). The molecule has 0 amide bonds. The second-order valence-electron chi connectivity index (χ2n) is 10.1. The van der Waals surface area contributed by atoms with Gasteiger partial charge in [-0.25, -0.2) is 8.42 Å². The minimum Gasteiger partial charge on any atom is -0.395 e. The summed E-state index contributed by atoms with van der Waals surface area (Å²) >= 11 is 0. The number of nitrogens with zero attached hydrogens (tertiary/aromatic N) is 2. The van der Waals surface area contributed by atoms with E-state index in [1.54, 1.807) is 0 Å². The van der Waals surface area contributed by atoms with Gasteiger partial charge in [-0.15, -0.1) is 0 Å². The fourth-order valence-electron chi connectivity index (χ4n) is 5.91. The third-order valence-electron chi connectivity index (χ3n) is 7.79.